The molecule has 102 valence electrons. The van der Waals surface area contributed by atoms with Gasteiger partial charge >= 0.3 is 7.12 Å². The zero-order valence-corrected chi connectivity index (χ0v) is 11.8. The van der Waals surface area contributed by atoms with Gasteiger partial charge in [-0.25, -0.2) is 4.39 Å². The smallest absolute Gasteiger partial charge is 0.398 e. The molecule has 2 rings (SSSR count). The van der Waals surface area contributed by atoms with Crippen LogP contribution in [0.2, 0.25) is 0 Å². The van der Waals surface area contributed by atoms with Crippen LogP contribution in [0.15, 0.2) is 12.3 Å². The fraction of sp³-hybridized carbons (Fsp3) is 0.538. The molecule has 1 aromatic rings. The van der Waals surface area contributed by atoms with Crippen LogP contribution in [0.5, 0.6) is 0 Å². The van der Waals surface area contributed by atoms with Crippen molar-refractivity contribution in [2.24, 2.45) is 0 Å². The van der Waals surface area contributed by atoms with E-state index in [2.05, 4.69) is 4.98 Å². The number of hydrogen-bond donors (Lipinski definition) is 0. The molecule has 0 unspecified atom stereocenters. The second-order valence-electron chi connectivity index (χ2n) is 5.73. The monoisotopic (exact) mass is 265 g/mol. The van der Waals surface area contributed by atoms with E-state index in [1.54, 1.807) is 0 Å². The van der Waals surface area contributed by atoms with Crippen LogP contribution in [0, 0.1) is 5.82 Å². The lowest BCUT2D eigenvalue weighted by Crippen LogP contribution is -2.41. The zero-order chi connectivity index (χ0) is 14.4. The molecule has 4 nitrogen and oxygen atoms in total. The summed E-state index contributed by atoms with van der Waals surface area (Å²) in [5.41, 5.74) is -0.533. The number of halogens is 1. The topological polar surface area (TPSA) is 48.4 Å². The van der Waals surface area contributed by atoms with Crippen molar-refractivity contribution in [1.82, 2.24) is 4.98 Å². The van der Waals surface area contributed by atoms with Crippen LogP contribution in [0.25, 0.3) is 0 Å². The predicted molar refractivity (Wildman–Crippen MR) is 69.9 cm³/mol. The molecule has 0 N–H and O–H groups in total. The maximum absolute atomic E-state index is 13.2. The van der Waals surface area contributed by atoms with Gasteiger partial charge in [0.15, 0.2) is 5.78 Å². The molecule has 1 aliphatic rings. The lowest BCUT2D eigenvalue weighted by molar-refractivity contribution is 0.00578. The summed E-state index contributed by atoms with van der Waals surface area (Å²) >= 11 is 0. The van der Waals surface area contributed by atoms with Crippen molar-refractivity contribution in [2.75, 3.05) is 0 Å². The third-order valence-electron chi connectivity index (χ3n) is 3.74. The van der Waals surface area contributed by atoms with Gasteiger partial charge in [0.05, 0.1) is 23.0 Å². The van der Waals surface area contributed by atoms with Gasteiger partial charge < -0.3 is 9.31 Å². The van der Waals surface area contributed by atoms with Crippen LogP contribution in [0.3, 0.4) is 0 Å². The molecular formula is C13H17BFNO3. The number of carbonyl (C=O) groups is 1. The van der Waals surface area contributed by atoms with Crippen molar-refractivity contribution in [3.63, 3.8) is 0 Å². The highest BCUT2D eigenvalue weighted by molar-refractivity contribution is 6.62. The van der Waals surface area contributed by atoms with E-state index in [-0.39, 0.29) is 11.3 Å². The third-order valence-corrected chi connectivity index (χ3v) is 3.74. The number of aromatic nitrogens is 1. The minimum absolute atomic E-state index is 0.193. The van der Waals surface area contributed by atoms with Crippen LogP contribution in [0.1, 0.15) is 45.0 Å². The van der Waals surface area contributed by atoms with E-state index in [0.29, 0.717) is 5.59 Å². The number of pyridine rings is 1. The van der Waals surface area contributed by atoms with Crippen molar-refractivity contribution < 1.29 is 18.5 Å². The van der Waals surface area contributed by atoms with E-state index in [4.69, 9.17) is 9.31 Å². The summed E-state index contributed by atoms with van der Waals surface area (Å²) in [6, 6.07) is 1.16. The summed E-state index contributed by atoms with van der Waals surface area (Å²) in [5.74, 6) is -0.817. The van der Waals surface area contributed by atoms with Gasteiger partial charge in [-0.1, -0.05) is 0 Å². The highest BCUT2D eigenvalue weighted by Gasteiger charge is 2.53. The molecule has 2 heterocycles. The Balaban J connectivity index is 2.42. The summed E-state index contributed by atoms with van der Waals surface area (Å²) in [6.45, 7) is 8.99. The fourth-order valence-corrected chi connectivity index (χ4v) is 1.87. The van der Waals surface area contributed by atoms with Gasteiger partial charge in [0.25, 0.3) is 0 Å². The molecular weight excluding hydrogens is 248 g/mol. The van der Waals surface area contributed by atoms with Crippen LogP contribution in [-0.2, 0) is 9.31 Å². The molecule has 1 fully saturated rings. The summed E-state index contributed by atoms with van der Waals surface area (Å²) < 4.78 is 24.8. The third kappa shape index (κ3) is 2.42. The molecule has 0 bridgehead atoms. The summed E-state index contributed by atoms with van der Waals surface area (Å²) in [7, 11) is -0.760. The van der Waals surface area contributed by atoms with Crippen LogP contribution < -0.4 is 5.59 Å². The maximum atomic E-state index is 13.2. The Morgan fingerprint density at radius 2 is 1.79 bits per heavy atom. The standard InChI is InChI=1S/C13H17BFNO3/c1-8(17)10-6-9(15)7-16-11(10)14-18-12(2,3)13(4,5)19-14/h6-7H,1-5H3. The number of nitrogens with zero attached hydrogens (tertiary/aromatic N) is 1. The van der Waals surface area contributed by atoms with Crippen molar-refractivity contribution in [3.05, 3.63) is 23.6 Å². The second-order valence-corrected chi connectivity index (χ2v) is 5.73. The molecule has 1 aliphatic heterocycles. The molecule has 0 aliphatic carbocycles. The summed E-state index contributed by atoms with van der Waals surface area (Å²) in [6.07, 6.45) is 1.06. The molecule has 1 aromatic heterocycles. The molecule has 0 saturated carbocycles. The first-order chi connectivity index (χ1) is 8.64. The number of rotatable bonds is 2. The summed E-state index contributed by atoms with van der Waals surface area (Å²) in [4.78, 5) is 15.5. The van der Waals surface area contributed by atoms with Gasteiger partial charge in [0.2, 0.25) is 0 Å². The summed E-state index contributed by atoms with van der Waals surface area (Å²) in [5, 5.41) is 0. The minimum Gasteiger partial charge on any atom is -0.398 e. The van der Waals surface area contributed by atoms with Gasteiger partial charge in [-0.3, -0.25) is 9.78 Å². The highest BCUT2D eigenvalue weighted by Crippen LogP contribution is 2.36. The Labute approximate surface area is 112 Å². The van der Waals surface area contributed by atoms with Gasteiger partial charge in [0.1, 0.15) is 5.82 Å². The van der Waals surface area contributed by atoms with E-state index in [1.165, 1.54) is 6.92 Å². The Hall–Kier alpha value is -1.27. The van der Waals surface area contributed by atoms with Crippen molar-refractivity contribution >= 4 is 18.5 Å². The molecule has 0 radical (unpaired) electrons. The molecule has 19 heavy (non-hydrogen) atoms. The first-order valence-electron chi connectivity index (χ1n) is 6.16. The molecule has 0 aromatic carbocycles. The molecule has 6 heteroatoms. The predicted octanol–water partition coefficient (Wildman–Crippen LogP) is 1.72. The lowest BCUT2D eigenvalue weighted by Gasteiger charge is -2.32. The van der Waals surface area contributed by atoms with Crippen molar-refractivity contribution in [1.29, 1.82) is 0 Å². The maximum Gasteiger partial charge on any atom is 0.515 e. The van der Waals surface area contributed by atoms with E-state index in [9.17, 15) is 9.18 Å². The van der Waals surface area contributed by atoms with Gasteiger partial charge in [0, 0.05) is 5.56 Å². The highest BCUT2D eigenvalue weighted by atomic mass is 19.1. The molecule has 1 saturated heterocycles. The number of carbonyl (C=O) groups excluding carboxylic acids is 1. The Bertz CT molecular complexity index is 515. The average molecular weight is 265 g/mol. The van der Waals surface area contributed by atoms with Gasteiger partial charge in [-0.2, -0.15) is 0 Å². The number of ketones is 1. The second kappa shape index (κ2) is 4.39. The SMILES string of the molecule is CC(=O)c1cc(F)cnc1B1OC(C)(C)C(C)(C)O1. The van der Waals surface area contributed by atoms with Crippen LogP contribution >= 0.6 is 0 Å². The van der Waals surface area contributed by atoms with Gasteiger partial charge in [-0.05, 0) is 40.7 Å². The van der Waals surface area contributed by atoms with Crippen LogP contribution in [0.4, 0.5) is 4.39 Å². The molecule has 0 amide bonds. The van der Waals surface area contributed by atoms with E-state index in [0.717, 1.165) is 12.3 Å². The van der Waals surface area contributed by atoms with Crippen LogP contribution in [-0.4, -0.2) is 29.1 Å². The first kappa shape index (κ1) is 14.2. The van der Waals surface area contributed by atoms with E-state index < -0.39 is 24.1 Å². The first-order valence-corrected chi connectivity index (χ1v) is 6.16. The Morgan fingerprint density at radius 3 is 2.26 bits per heavy atom. The van der Waals surface area contributed by atoms with Crippen molar-refractivity contribution in [2.45, 2.75) is 45.8 Å². The lowest BCUT2D eigenvalue weighted by atomic mass is 9.80. The molecule has 0 atom stereocenters. The largest absolute Gasteiger partial charge is 0.515 e. The minimum atomic E-state index is -0.760. The zero-order valence-electron chi connectivity index (χ0n) is 11.8. The van der Waals surface area contributed by atoms with E-state index >= 15 is 0 Å². The van der Waals surface area contributed by atoms with Gasteiger partial charge in [-0.15, -0.1) is 0 Å². The number of hydrogen-bond acceptors (Lipinski definition) is 4. The Morgan fingerprint density at radius 1 is 1.26 bits per heavy atom. The Kier molecular flexibility index (Phi) is 3.27. The molecule has 0 spiro atoms. The normalized spacial score (nSPS) is 20.6. The fourth-order valence-electron chi connectivity index (χ4n) is 1.87. The van der Waals surface area contributed by atoms with E-state index in [1.807, 2.05) is 27.7 Å². The number of Topliss-reactive ketones (excluding diaryl/α,β-unsaturated/α-hetero) is 1. The van der Waals surface area contributed by atoms with Crippen molar-refractivity contribution in [3.8, 4) is 0 Å². The average Bonchev–Trinajstić information content (AvgIpc) is 2.47. The quantitative estimate of drug-likeness (QED) is 0.603.